The third kappa shape index (κ3) is 3.38. The number of nitrogens with one attached hydrogen (secondary N) is 1. The van der Waals surface area contributed by atoms with Crippen molar-refractivity contribution in [3.05, 3.63) is 54.5 Å². The Morgan fingerprint density at radius 1 is 0.939 bits per heavy atom. The number of benzene rings is 2. The van der Waals surface area contributed by atoms with Crippen LogP contribution in [0.15, 0.2) is 48.8 Å². The highest BCUT2D eigenvalue weighted by Crippen LogP contribution is 2.40. The quantitative estimate of drug-likeness (QED) is 0.416. The highest BCUT2D eigenvalue weighted by molar-refractivity contribution is 5.95. The van der Waals surface area contributed by atoms with Crippen molar-refractivity contribution in [1.29, 1.82) is 0 Å². The second-order valence-electron chi connectivity index (χ2n) is 7.61. The first-order valence-corrected chi connectivity index (χ1v) is 10.4. The molecule has 5 aromatic rings. The van der Waals surface area contributed by atoms with Crippen LogP contribution in [0, 0.1) is 6.92 Å². The fourth-order valence-electron chi connectivity index (χ4n) is 4.06. The molecule has 0 atom stereocenters. The van der Waals surface area contributed by atoms with Gasteiger partial charge in [0, 0.05) is 47.5 Å². The minimum Gasteiger partial charge on any atom is -0.493 e. The summed E-state index contributed by atoms with van der Waals surface area (Å²) in [4.78, 5) is 9.30. The molecule has 0 spiro atoms. The first kappa shape index (κ1) is 20.6. The van der Waals surface area contributed by atoms with Gasteiger partial charge in [-0.25, -0.2) is 14.5 Å². The Hall–Kier alpha value is -4.27. The molecule has 0 amide bonds. The maximum Gasteiger partial charge on any atom is 0.245 e. The fourth-order valence-corrected chi connectivity index (χ4v) is 4.06. The third-order valence-corrected chi connectivity index (χ3v) is 5.64. The van der Waals surface area contributed by atoms with Crippen LogP contribution in [0.1, 0.15) is 5.69 Å². The first-order chi connectivity index (χ1) is 16.0. The van der Waals surface area contributed by atoms with Gasteiger partial charge in [-0.1, -0.05) is 18.2 Å². The largest absolute Gasteiger partial charge is 0.493 e. The maximum atomic E-state index is 5.45. The van der Waals surface area contributed by atoms with Crippen LogP contribution in [0.5, 0.6) is 17.2 Å². The average Bonchev–Trinajstić information content (AvgIpc) is 3.34. The van der Waals surface area contributed by atoms with Crippen LogP contribution in [-0.4, -0.2) is 45.5 Å². The smallest absolute Gasteiger partial charge is 0.245 e. The first-order valence-electron chi connectivity index (χ1n) is 10.4. The van der Waals surface area contributed by atoms with Crippen LogP contribution in [-0.2, 0) is 7.05 Å². The summed E-state index contributed by atoms with van der Waals surface area (Å²) in [6, 6.07) is 11.9. The van der Waals surface area contributed by atoms with Gasteiger partial charge < -0.3 is 24.1 Å². The highest BCUT2D eigenvalue weighted by Gasteiger charge is 2.18. The topological polar surface area (TPSA) is 87.7 Å². The Kier molecular flexibility index (Phi) is 5.01. The van der Waals surface area contributed by atoms with E-state index in [4.69, 9.17) is 24.3 Å². The molecule has 5 rings (SSSR count). The minimum atomic E-state index is 0.413. The van der Waals surface area contributed by atoms with Crippen molar-refractivity contribution in [1.82, 2.24) is 24.1 Å². The molecule has 0 aliphatic carbocycles. The molecule has 168 valence electrons. The van der Waals surface area contributed by atoms with E-state index in [2.05, 4.69) is 33.2 Å². The number of aromatic nitrogens is 5. The zero-order valence-corrected chi connectivity index (χ0v) is 19.1. The third-order valence-electron chi connectivity index (χ3n) is 5.64. The zero-order valence-electron chi connectivity index (χ0n) is 19.1. The van der Waals surface area contributed by atoms with E-state index in [0.29, 0.717) is 28.9 Å². The van der Waals surface area contributed by atoms with E-state index in [9.17, 15) is 0 Å². The maximum absolute atomic E-state index is 5.45. The Morgan fingerprint density at radius 2 is 1.67 bits per heavy atom. The Balaban J connectivity index is 1.61. The summed E-state index contributed by atoms with van der Waals surface area (Å²) in [5.74, 6) is 2.77. The van der Waals surface area contributed by atoms with Gasteiger partial charge >= 0.3 is 0 Å². The van der Waals surface area contributed by atoms with Gasteiger partial charge in [-0.15, -0.1) is 5.10 Å². The molecule has 9 heteroatoms. The Bertz CT molecular complexity index is 1460. The number of rotatable bonds is 6. The molecule has 0 aliphatic heterocycles. The predicted molar refractivity (Wildman–Crippen MR) is 127 cm³/mol. The van der Waals surface area contributed by atoms with E-state index in [0.717, 1.165) is 33.5 Å². The normalized spacial score (nSPS) is 11.2. The molecule has 2 aromatic carbocycles. The lowest BCUT2D eigenvalue weighted by atomic mass is 10.2. The van der Waals surface area contributed by atoms with Crippen LogP contribution in [0.2, 0.25) is 0 Å². The number of hydrogen-bond donors (Lipinski definition) is 1. The van der Waals surface area contributed by atoms with Gasteiger partial charge in [0.1, 0.15) is 5.52 Å². The van der Waals surface area contributed by atoms with E-state index < -0.39 is 0 Å². The van der Waals surface area contributed by atoms with Crippen molar-refractivity contribution in [2.24, 2.45) is 7.05 Å². The molecule has 3 heterocycles. The number of anilines is 2. The molecular weight excluding hydrogens is 420 g/mol. The van der Waals surface area contributed by atoms with E-state index in [1.807, 2.05) is 30.6 Å². The molecule has 0 saturated heterocycles. The number of nitrogens with zero attached hydrogens (tertiary/aromatic N) is 5. The lowest BCUT2D eigenvalue weighted by Crippen LogP contribution is -2.04. The van der Waals surface area contributed by atoms with Gasteiger partial charge in [0.25, 0.3) is 0 Å². The second kappa shape index (κ2) is 8.01. The Morgan fingerprint density at radius 3 is 2.36 bits per heavy atom. The number of para-hydroxylation sites is 1. The molecule has 0 aliphatic rings. The molecule has 0 bridgehead atoms. The van der Waals surface area contributed by atoms with E-state index in [-0.39, 0.29) is 0 Å². The SMILES string of the molecule is COc1cc(Nc2ncc3c(C)nc(-c4cn(C)c5ccccc45)n3n2)cc(OC)c1OC. The van der Waals surface area contributed by atoms with Crippen molar-refractivity contribution >= 4 is 28.1 Å². The van der Waals surface area contributed by atoms with Crippen LogP contribution >= 0.6 is 0 Å². The predicted octanol–water partition coefficient (Wildman–Crippen LogP) is 4.36. The molecule has 9 nitrogen and oxygen atoms in total. The molecule has 0 saturated carbocycles. The number of fused-ring (bicyclic) bond motifs is 2. The molecule has 1 N–H and O–H groups in total. The van der Waals surface area contributed by atoms with Crippen molar-refractivity contribution < 1.29 is 14.2 Å². The average molecular weight is 444 g/mol. The standard InChI is InChI=1S/C24H24N6O3/c1-14-19-12-25-24(27-15-10-20(31-3)22(33-5)21(11-15)32-4)28-30(19)23(26-14)17-13-29(2)18-9-7-6-8-16(17)18/h6-13H,1-5H3,(H,27,28). The van der Waals surface area contributed by atoms with Crippen LogP contribution in [0.25, 0.3) is 27.8 Å². The van der Waals surface area contributed by atoms with Gasteiger partial charge in [0.2, 0.25) is 11.7 Å². The Labute approximate surface area is 190 Å². The fraction of sp³-hybridized carbons (Fsp3) is 0.208. The summed E-state index contributed by atoms with van der Waals surface area (Å²) in [6.45, 7) is 1.96. The van der Waals surface area contributed by atoms with Gasteiger partial charge in [0.05, 0.1) is 33.2 Å². The van der Waals surface area contributed by atoms with Gasteiger partial charge in [-0.05, 0) is 13.0 Å². The summed E-state index contributed by atoms with van der Waals surface area (Å²) in [7, 11) is 6.75. The van der Waals surface area contributed by atoms with Crippen molar-refractivity contribution in [2.45, 2.75) is 6.92 Å². The van der Waals surface area contributed by atoms with Gasteiger partial charge in [-0.2, -0.15) is 0 Å². The number of aryl methyl sites for hydroxylation is 2. The molecule has 0 unspecified atom stereocenters. The van der Waals surface area contributed by atoms with E-state index in [1.165, 1.54) is 0 Å². The summed E-state index contributed by atoms with van der Waals surface area (Å²) in [6.07, 6.45) is 3.84. The molecule has 0 fully saturated rings. The van der Waals surface area contributed by atoms with Crippen LogP contribution in [0.4, 0.5) is 11.6 Å². The van der Waals surface area contributed by atoms with Crippen molar-refractivity contribution in [3.63, 3.8) is 0 Å². The lowest BCUT2D eigenvalue weighted by Gasteiger charge is -2.14. The second-order valence-corrected chi connectivity index (χ2v) is 7.61. The molecular formula is C24H24N6O3. The minimum absolute atomic E-state index is 0.413. The number of methoxy groups -OCH3 is 3. The summed E-state index contributed by atoms with van der Waals surface area (Å²) < 4.78 is 20.2. The summed E-state index contributed by atoms with van der Waals surface area (Å²) in [5.41, 5.74) is 4.54. The molecule has 0 radical (unpaired) electrons. The van der Waals surface area contributed by atoms with Crippen LogP contribution in [0.3, 0.4) is 0 Å². The summed E-state index contributed by atoms with van der Waals surface area (Å²) in [5, 5.41) is 9.10. The van der Waals surface area contributed by atoms with E-state index >= 15 is 0 Å². The van der Waals surface area contributed by atoms with Gasteiger partial charge in [0.15, 0.2) is 17.3 Å². The molecule has 3 aromatic heterocycles. The van der Waals surface area contributed by atoms with Crippen molar-refractivity contribution in [3.8, 4) is 28.6 Å². The molecule has 33 heavy (non-hydrogen) atoms. The highest BCUT2D eigenvalue weighted by atomic mass is 16.5. The number of imidazole rings is 1. The van der Waals surface area contributed by atoms with Crippen LogP contribution < -0.4 is 19.5 Å². The lowest BCUT2D eigenvalue weighted by molar-refractivity contribution is 0.324. The number of hydrogen-bond acceptors (Lipinski definition) is 7. The van der Waals surface area contributed by atoms with Gasteiger partial charge in [-0.3, -0.25) is 0 Å². The van der Waals surface area contributed by atoms with E-state index in [1.54, 1.807) is 39.7 Å². The summed E-state index contributed by atoms with van der Waals surface area (Å²) >= 11 is 0. The monoisotopic (exact) mass is 444 g/mol. The zero-order chi connectivity index (χ0) is 23.1. The number of ether oxygens (including phenoxy) is 3. The van der Waals surface area contributed by atoms with Crippen molar-refractivity contribution in [2.75, 3.05) is 26.6 Å².